The Morgan fingerprint density at radius 2 is 1.24 bits per heavy atom. The minimum Gasteiger partial charge on any atom is -0.480 e. The van der Waals surface area contributed by atoms with Gasteiger partial charge in [0.1, 0.15) is 6.04 Å². The molecule has 0 saturated heterocycles. The Hall–Kier alpha value is -1.85. The average Bonchev–Trinajstić information content (AvgIpc) is 3.33. The number of hydrogen-bond donors (Lipinski definition) is 3. The number of carbonyl (C=O) groups is 2. The maximum atomic E-state index is 12.1. The number of aliphatic carboxylic acids is 1. The summed E-state index contributed by atoms with van der Waals surface area (Å²) in [5.74, 6) is -1.20. The third kappa shape index (κ3) is 17.6. The van der Waals surface area contributed by atoms with Crippen LogP contribution in [-0.2, 0) is 16.0 Å². The van der Waals surface area contributed by atoms with E-state index < -0.39 is 12.0 Å². The Kier molecular flexibility index (Phi) is 19.2. The Labute approximate surface area is 208 Å². The zero-order valence-corrected chi connectivity index (χ0v) is 21.8. The fourth-order valence-corrected chi connectivity index (χ4v) is 4.45. The molecule has 0 radical (unpaired) electrons. The average molecular weight is 478 g/mol. The van der Waals surface area contributed by atoms with Crippen molar-refractivity contribution in [2.45, 2.75) is 148 Å². The van der Waals surface area contributed by atoms with Crippen LogP contribution in [-0.4, -0.2) is 33.0 Å². The van der Waals surface area contributed by atoms with Gasteiger partial charge >= 0.3 is 5.97 Å². The normalized spacial score (nSPS) is 12.0. The van der Waals surface area contributed by atoms with Crippen molar-refractivity contribution in [1.82, 2.24) is 15.3 Å². The first-order chi connectivity index (χ1) is 16.6. The summed E-state index contributed by atoms with van der Waals surface area (Å²) >= 11 is 0. The van der Waals surface area contributed by atoms with Crippen molar-refractivity contribution >= 4 is 11.9 Å². The summed E-state index contributed by atoms with van der Waals surface area (Å²) in [4.78, 5) is 30.2. The lowest BCUT2D eigenvalue weighted by Crippen LogP contribution is -2.42. The Morgan fingerprint density at radius 3 is 1.62 bits per heavy atom. The van der Waals surface area contributed by atoms with Gasteiger partial charge in [0.2, 0.25) is 5.91 Å². The molecule has 34 heavy (non-hydrogen) atoms. The molecule has 1 aromatic rings. The summed E-state index contributed by atoms with van der Waals surface area (Å²) < 4.78 is 0. The minimum absolute atomic E-state index is 0.182. The van der Waals surface area contributed by atoms with E-state index in [9.17, 15) is 14.7 Å². The molecule has 0 aliphatic rings. The molecule has 3 N–H and O–H groups in total. The Morgan fingerprint density at radius 1 is 0.794 bits per heavy atom. The number of H-pyrrole nitrogens is 1. The lowest BCUT2D eigenvalue weighted by atomic mass is 10.0. The van der Waals surface area contributed by atoms with Gasteiger partial charge in [-0.2, -0.15) is 0 Å². The molecule has 0 spiro atoms. The van der Waals surface area contributed by atoms with E-state index >= 15 is 0 Å². The first-order valence-corrected chi connectivity index (χ1v) is 14.1. The monoisotopic (exact) mass is 477 g/mol. The molecule has 1 aromatic heterocycles. The molecule has 0 fully saturated rings. The fourth-order valence-electron chi connectivity index (χ4n) is 4.45. The van der Waals surface area contributed by atoms with Crippen LogP contribution >= 0.6 is 0 Å². The van der Waals surface area contributed by atoms with Gasteiger partial charge in [-0.3, -0.25) is 4.79 Å². The highest BCUT2D eigenvalue weighted by Gasteiger charge is 2.20. The Bertz CT molecular complexity index is 604. The number of hydrogen-bond acceptors (Lipinski definition) is 3. The molecule has 196 valence electrons. The number of nitrogens with one attached hydrogen (secondary N) is 2. The number of aromatic nitrogens is 2. The van der Waals surface area contributed by atoms with Crippen molar-refractivity contribution < 1.29 is 14.7 Å². The van der Waals surface area contributed by atoms with Gasteiger partial charge in [-0.25, -0.2) is 9.78 Å². The number of nitrogens with zero attached hydrogens (tertiary/aromatic N) is 1. The third-order valence-corrected chi connectivity index (χ3v) is 6.62. The zero-order valence-electron chi connectivity index (χ0n) is 21.8. The van der Waals surface area contributed by atoms with Crippen LogP contribution in [0.2, 0.25) is 0 Å². The SMILES string of the molecule is CCCCCCCCCCCCCCCCCCCCCC(=O)N[C@@H](Cc1cnc[nH]1)C(=O)O. The molecule has 1 rings (SSSR count). The predicted octanol–water partition coefficient (Wildman–Crippen LogP) is 7.34. The highest BCUT2D eigenvalue weighted by Crippen LogP contribution is 2.15. The van der Waals surface area contributed by atoms with Crippen LogP contribution in [0.15, 0.2) is 12.5 Å². The minimum atomic E-state index is -1.02. The number of imidazole rings is 1. The predicted molar refractivity (Wildman–Crippen MR) is 140 cm³/mol. The molecule has 0 aliphatic heterocycles. The van der Waals surface area contributed by atoms with Crippen molar-refractivity contribution in [1.29, 1.82) is 0 Å². The lowest BCUT2D eigenvalue weighted by Gasteiger charge is -2.13. The van der Waals surface area contributed by atoms with E-state index in [0.717, 1.165) is 19.3 Å². The van der Waals surface area contributed by atoms with E-state index in [0.29, 0.717) is 12.1 Å². The third-order valence-electron chi connectivity index (χ3n) is 6.62. The zero-order chi connectivity index (χ0) is 24.7. The van der Waals surface area contributed by atoms with E-state index in [1.807, 2.05) is 0 Å². The first-order valence-electron chi connectivity index (χ1n) is 14.1. The maximum Gasteiger partial charge on any atom is 0.326 e. The van der Waals surface area contributed by atoms with E-state index in [4.69, 9.17) is 0 Å². The summed E-state index contributed by atoms with van der Waals surface area (Å²) in [5.41, 5.74) is 0.705. The summed E-state index contributed by atoms with van der Waals surface area (Å²) in [7, 11) is 0. The van der Waals surface area contributed by atoms with E-state index in [1.54, 1.807) is 6.20 Å². The summed E-state index contributed by atoms with van der Waals surface area (Å²) in [5, 5.41) is 11.9. The molecule has 0 unspecified atom stereocenters. The number of rotatable bonds is 24. The molecular weight excluding hydrogens is 426 g/mol. The van der Waals surface area contributed by atoms with Crippen LogP contribution < -0.4 is 5.32 Å². The van der Waals surface area contributed by atoms with Gasteiger partial charge < -0.3 is 15.4 Å². The van der Waals surface area contributed by atoms with Crippen molar-refractivity contribution in [3.63, 3.8) is 0 Å². The lowest BCUT2D eigenvalue weighted by molar-refractivity contribution is -0.141. The fraction of sp³-hybridized carbons (Fsp3) is 0.821. The van der Waals surface area contributed by atoms with Crippen molar-refractivity contribution in [3.05, 3.63) is 18.2 Å². The molecule has 6 heteroatoms. The molecule has 0 aromatic carbocycles. The molecule has 6 nitrogen and oxygen atoms in total. The molecular formula is C28H51N3O3. The molecule has 1 atom stereocenters. The Balaban J connectivity index is 1.83. The van der Waals surface area contributed by atoms with E-state index in [1.165, 1.54) is 109 Å². The van der Waals surface area contributed by atoms with Crippen molar-refractivity contribution in [2.75, 3.05) is 0 Å². The molecule has 0 saturated carbocycles. The van der Waals surface area contributed by atoms with Crippen LogP contribution in [0, 0.1) is 0 Å². The van der Waals surface area contributed by atoms with Crippen molar-refractivity contribution in [2.24, 2.45) is 0 Å². The second kappa shape index (κ2) is 21.7. The van der Waals surface area contributed by atoms with E-state index in [2.05, 4.69) is 22.2 Å². The molecule has 1 heterocycles. The van der Waals surface area contributed by atoms with Crippen LogP contribution in [0.3, 0.4) is 0 Å². The number of carbonyl (C=O) groups excluding carboxylic acids is 1. The summed E-state index contributed by atoms with van der Waals surface area (Å²) in [6.45, 7) is 2.28. The second-order valence-corrected chi connectivity index (χ2v) is 9.85. The van der Waals surface area contributed by atoms with Gasteiger partial charge in [-0.15, -0.1) is 0 Å². The van der Waals surface area contributed by atoms with Gasteiger partial charge in [0.15, 0.2) is 0 Å². The number of carboxylic acids is 1. The maximum absolute atomic E-state index is 12.1. The van der Waals surface area contributed by atoms with Gasteiger partial charge in [-0.1, -0.05) is 122 Å². The largest absolute Gasteiger partial charge is 0.480 e. The van der Waals surface area contributed by atoms with Crippen LogP contribution in [0.5, 0.6) is 0 Å². The molecule has 0 bridgehead atoms. The number of carboxylic acid groups (broad SMARTS) is 1. The topological polar surface area (TPSA) is 95.1 Å². The van der Waals surface area contributed by atoms with Crippen LogP contribution in [0.1, 0.15) is 141 Å². The van der Waals surface area contributed by atoms with E-state index in [-0.39, 0.29) is 12.3 Å². The highest BCUT2D eigenvalue weighted by molar-refractivity contribution is 5.83. The van der Waals surface area contributed by atoms with Gasteiger partial charge in [0.25, 0.3) is 0 Å². The number of unbranched alkanes of at least 4 members (excludes halogenated alkanes) is 18. The standard InChI is InChI=1S/C28H51N3O3/c1-2-3-4-5-6-7-8-9-10-11-12-13-14-15-16-17-18-19-20-21-27(32)31-26(28(33)34)22-25-23-29-24-30-25/h23-24,26H,2-22H2,1H3,(H,29,30)(H,31,32)(H,33,34)/t26-/m0/s1. The van der Waals surface area contributed by atoms with Gasteiger partial charge in [0, 0.05) is 24.7 Å². The summed E-state index contributed by atoms with van der Waals surface area (Å²) in [6, 6.07) is -0.909. The molecule has 1 amide bonds. The van der Waals surface area contributed by atoms with Gasteiger partial charge in [-0.05, 0) is 6.42 Å². The first kappa shape index (κ1) is 30.2. The second-order valence-electron chi connectivity index (χ2n) is 9.85. The smallest absolute Gasteiger partial charge is 0.326 e. The number of aromatic amines is 1. The summed E-state index contributed by atoms with van der Waals surface area (Å²) in [6.07, 6.45) is 28.8. The quantitative estimate of drug-likeness (QED) is 0.136. The highest BCUT2D eigenvalue weighted by atomic mass is 16.4. The number of amides is 1. The van der Waals surface area contributed by atoms with Crippen LogP contribution in [0.25, 0.3) is 0 Å². The molecule has 0 aliphatic carbocycles. The van der Waals surface area contributed by atoms with Gasteiger partial charge in [0.05, 0.1) is 6.33 Å². The van der Waals surface area contributed by atoms with Crippen LogP contribution in [0.4, 0.5) is 0 Å². The van der Waals surface area contributed by atoms with Crippen molar-refractivity contribution in [3.8, 4) is 0 Å².